The number of nitrogens with one attached hydrogen (secondary N) is 1. The van der Waals surface area contributed by atoms with Gasteiger partial charge in [0.1, 0.15) is 0 Å². The number of fused-ring (bicyclic) bond motifs is 3. The molecule has 0 aliphatic carbocycles. The number of nitrogens with two attached hydrogens (primary N) is 1. The summed E-state index contributed by atoms with van der Waals surface area (Å²) in [5.41, 5.74) is 5.25. The van der Waals surface area contributed by atoms with Crippen LogP contribution in [0.25, 0.3) is 21.1 Å². The fourth-order valence-electron chi connectivity index (χ4n) is 2.79. The number of aromatic nitrogens is 2. The van der Waals surface area contributed by atoms with Crippen molar-refractivity contribution < 1.29 is 13.5 Å². The molecule has 2 heterocycles. The molecular weight excluding hydrogens is 372 g/mol. The van der Waals surface area contributed by atoms with Gasteiger partial charge in [-0.25, -0.2) is 18.5 Å². The van der Waals surface area contributed by atoms with Crippen molar-refractivity contribution >= 4 is 54.4 Å². The highest BCUT2D eigenvalue weighted by Gasteiger charge is 2.13. The predicted octanol–water partition coefficient (Wildman–Crippen LogP) is 3.02. The molecule has 4 aromatic rings. The summed E-state index contributed by atoms with van der Waals surface area (Å²) in [4.78, 5) is 11.6. The fourth-order valence-corrected chi connectivity index (χ4v) is 4.30. The second kappa shape index (κ2) is 6.20. The van der Waals surface area contributed by atoms with Crippen LogP contribution in [0.15, 0.2) is 46.9 Å². The van der Waals surface area contributed by atoms with Gasteiger partial charge in [0.2, 0.25) is 10.0 Å². The summed E-state index contributed by atoms with van der Waals surface area (Å²) in [6, 6.07) is 10.5. The number of hydrogen-bond donors (Lipinski definition) is 3. The van der Waals surface area contributed by atoms with Crippen LogP contribution in [0.3, 0.4) is 0 Å². The first-order chi connectivity index (χ1) is 12.4. The SMILES string of the molecule is NS(=O)(=O)Cc1ccc(N=Cc2c(O)[nH]c3ccc4ncsc4c23)cc1. The lowest BCUT2D eigenvalue weighted by Gasteiger charge is -2.00. The van der Waals surface area contributed by atoms with Crippen LogP contribution in [-0.4, -0.2) is 29.7 Å². The standard InChI is InChI=1S/C17H14N4O3S2/c18-26(23,24)8-10-1-3-11(4-2-10)19-7-12-15-13(21-17(12)22)5-6-14-16(15)25-9-20-14/h1-7,9,21-22H,8H2,(H2,18,23,24). The predicted molar refractivity (Wildman–Crippen MR) is 104 cm³/mol. The van der Waals surface area contributed by atoms with Gasteiger partial charge in [-0.1, -0.05) is 12.1 Å². The fraction of sp³-hybridized carbons (Fsp3) is 0.0588. The Morgan fingerprint density at radius 1 is 1.23 bits per heavy atom. The van der Waals surface area contributed by atoms with Crippen molar-refractivity contribution in [3.63, 3.8) is 0 Å². The van der Waals surface area contributed by atoms with Gasteiger partial charge in [0.05, 0.1) is 38.2 Å². The maximum atomic E-state index is 11.1. The lowest BCUT2D eigenvalue weighted by atomic mass is 10.1. The van der Waals surface area contributed by atoms with Crippen molar-refractivity contribution in [3.05, 3.63) is 53.0 Å². The minimum absolute atomic E-state index is 0.0375. The molecule has 0 radical (unpaired) electrons. The average Bonchev–Trinajstić information content (AvgIpc) is 3.16. The van der Waals surface area contributed by atoms with E-state index in [1.807, 2.05) is 12.1 Å². The summed E-state index contributed by atoms with van der Waals surface area (Å²) in [6.45, 7) is 0. The lowest BCUT2D eigenvalue weighted by Crippen LogP contribution is -2.14. The third-order valence-corrected chi connectivity index (χ3v) is 5.52. The van der Waals surface area contributed by atoms with Crippen LogP contribution >= 0.6 is 11.3 Å². The Morgan fingerprint density at radius 2 is 2.00 bits per heavy atom. The average molecular weight is 386 g/mol. The van der Waals surface area contributed by atoms with Gasteiger partial charge in [0, 0.05) is 11.6 Å². The molecule has 0 bridgehead atoms. The number of aromatic hydroxyl groups is 1. The quantitative estimate of drug-likeness (QED) is 0.467. The van der Waals surface area contributed by atoms with E-state index in [2.05, 4.69) is 15.0 Å². The first kappa shape index (κ1) is 16.7. The summed E-state index contributed by atoms with van der Waals surface area (Å²) < 4.78 is 23.2. The molecule has 0 fully saturated rings. The van der Waals surface area contributed by atoms with Gasteiger partial charge in [-0.15, -0.1) is 11.3 Å². The van der Waals surface area contributed by atoms with Crippen molar-refractivity contribution in [2.24, 2.45) is 10.1 Å². The molecule has 4 rings (SSSR count). The van der Waals surface area contributed by atoms with Gasteiger partial charge < -0.3 is 10.1 Å². The van der Waals surface area contributed by atoms with Crippen LogP contribution in [0.2, 0.25) is 0 Å². The number of benzene rings is 2. The number of sulfonamides is 1. The van der Waals surface area contributed by atoms with Gasteiger partial charge in [0.15, 0.2) is 5.88 Å². The molecule has 0 unspecified atom stereocenters. The number of rotatable bonds is 4. The molecule has 4 N–H and O–H groups in total. The molecule has 0 aliphatic heterocycles. The topological polar surface area (TPSA) is 121 Å². The summed E-state index contributed by atoms with van der Waals surface area (Å²) in [5, 5.41) is 16.2. The molecule has 26 heavy (non-hydrogen) atoms. The number of nitrogens with zero attached hydrogens (tertiary/aromatic N) is 2. The van der Waals surface area contributed by atoms with Crippen LogP contribution < -0.4 is 5.14 Å². The van der Waals surface area contributed by atoms with Crippen LogP contribution in [-0.2, 0) is 15.8 Å². The number of aromatic amines is 1. The van der Waals surface area contributed by atoms with E-state index in [9.17, 15) is 13.5 Å². The van der Waals surface area contributed by atoms with E-state index in [1.165, 1.54) is 11.3 Å². The molecule has 7 nitrogen and oxygen atoms in total. The number of hydrogen-bond acceptors (Lipinski definition) is 6. The Bertz CT molecular complexity index is 1240. The highest BCUT2D eigenvalue weighted by atomic mass is 32.2. The molecule has 0 amide bonds. The monoisotopic (exact) mass is 386 g/mol. The van der Waals surface area contributed by atoms with Gasteiger partial charge in [-0.2, -0.15) is 0 Å². The zero-order valence-corrected chi connectivity index (χ0v) is 15.0. The van der Waals surface area contributed by atoms with E-state index >= 15 is 0 Å². The Kier molecular flexibility index (Phi) is 3.98. The number of aliphatic imine (C=N–C) groups is 1. The third kappa shape index (κ3) is 3.19. The van der Waals surface area contributed by atoms with Gasteiger partial charge in [-0.05, 0) is 29.8 Å². The van der Waals surface area contributed by atoms with Crippen molar-refractivity contribution in [1.29, 1.82) is 0 Å². The van der Waals surface area contributed by atoms with Gasteiger partial charge >= 0.3 is 0 Å². The van der Waals surface area contributed by atoms with E-state index in [4.69, 9.17) is 5.14 Å². The zero-order valence-electron chi connectivity index (χ0n) is 13.4. The van der Waals surface area contributed by atoms with E-state index in [1.54, 1.807) is 36.0 Å². The zero-order chi connectivity index (χ0) is 18.3. The van der Waals surface area contributed by atoms with Crippen molar-refractivity contribution in [1.82, 2.24) is 9.97 Å². The Hall–Kier alpha value is -2.75. The third-order valence-electron chi connectivity index (χ3n) is 3.92. The first-order valence-corrected chi connectivity index (χ1v) is 10.2. The molecule has 0 saturated carbocycles. The highest BCUT2D eigenvalue weighted by molar-refractivity contribution is 7.88. The van der Waals surface area contributed by atoms with E-state index in [0.717, 1.165) is 21.1 Å². The summed E-state index contributed by atoms with van der Waals surface area (Å²) in [6.07, 6.45) is 1.59. The lowest BCUT2D eigenvalue weighted by molar-refractivity contribution is 0.457. The second-order valence-electron chi connectivity index (χ2n) is 5.81. The number of H-pyrrole nitrogens is 1. The maximum absolute atomic E-state index is 11.1. The van der Waals surface area contributed by atoms with Gasteiger partial charge in [0.25, 0.3) is 0 Å². The molecular formula is C17H14N4O3S2. The second-order valence-corrected chi connectivity index (χ2v) is 8.28. The smallest absolute Gasteiger partial charge is 0.213 e. The molecule has 0 spiro atoms. The summed E-state index contributed by atoms with van der Waals surface area (Å²) in [7, 11) is -3.56. The van der Waals surface area contributed by atoms with Crippen LogP contribution in [0.5, 0.6) is 5.88 Å². The van der Waals surface area contributed by atoms with E-state index in [0.29, 0.717) is 16.8 Å². The number of primary sulfonamides is 1. The molecule has 9 heteroatoms. The molecule has 0 aliphatic rings. The summed E-state index contributed by atoms with van der Waals surface area (Å²) >= 11 is 1.50. The Balaban J connectivity index is 1.71. The van der Waals surface area contributed by atoms with Crippen molar-refractivity contribution in [2.75, 3.05) is 0 Å². The van der Waals surface area contributed by atoms with Gasteiger partial charge in [-0.3, -0.25) is 4.99 Å². The number of thiazole rings is 1. The normalized spacial score (nSPS) is 12.5. The highest BCUT2D eigenvalue weighted by Crippen LogP contribution is 2.34. The molecule has 132 valence electrons. The van der Waals surface area contributed by atoms with E-state index in [-0.39, 0.29) is 11.6 Å². The Labute approximate surface area is 152 Å². The van der Waals surface area contributed by atoms with Crippen LogP contribution in [0.4, 0.5) is 5.69 Å². The van der Waals surface area contributed by atoms with Crippen LogP contribution in [0.1, 0.15) is 11.1 Å². The van der Waals surface area contributed by atoms with Crippen molar-refractivity contribution in [2.45, 2.75) is 5.75 Å². The van der Waals surface area contributed by atoms with E-state index < -0.39 is 10.0 Å². The minimum atomic E-state index is -3.56. The molecule has 2 aromatic heterocycles. The minimum Gasteiger partial charge on any atom is -0.494 e. The van der Waals surface area contributed by atoms with Crippen LogP contribution in [0, 0.1) is 0 Å². The molecule has 0 atom stereocenters. The summed E-state index contributed by atoms with van der Waals surface area (Å²) in [5.74, 6) is -0.181. The maximum Gasteiger partial charge on any atom is 0.213 e. The molecule has 2 aromatic carbocycles. The Morgan fingerprint density at radius 3 is 2.73 bits per heavy atom. The molecule has 0 saturated heterocycles. The largest absolute Gasteiger partial charge is 0.494 e. The van der Waals surface area contributed by atoms with Crippen molar-refractivity contribution in [3.8, 4) is 5.88 Å². The first-order valence-electron chi connectivity index (χ1n) is 7.61.